The van der Waals surface area contributed by atoms with Gasteiger partial charge in [-0.1, -0.05) is 6.92 Å². The highest BCUT2D eigenvalue weighted by molar-refractivity contribution is 5.87. The molecule has 0 aliphatic rings. The number of hydrogen-bond acceptors (Lipinski definition) is 5. The van der Waals surface area contributed by atoms with Gasteiger partial charge in [0, 0.05) is 48.9 Å². The van der Waals surface area contributed by atoms with Crippen LogP contribution in [0.4, 0.5) is 5.82 Å². The van der Waals surface area contributed by atoms with Gasteiger partial charge in [-0.05, 0) is 30.7 Å². The summed E-state index contributed by atoms with van der Waals surface area (Å²) in [6.45, 7) is 3.00. The van der Waals surface area contributed by atoms with Crippen LogP contribution in [0.1, 0.15) is 18.9 Å². The summed E-state index contributed by atoms with van der Waals surface area (Å²) >= 11 is 0. The van der Waals surface area contributed by atoms with Crippen LogP contribution in [0.25, 0.3) is 27.9 Å². The van der Waals surface area contributed by atoms with E-state index in [-0.39, 0.29) is 0 Å². The minimum absolute atomic E-state index is 0.533. The monoisotopic (exact) mass is 357 g/mol. The summed E-state index contributed by atoms with van der Waals surface area (Å²) in [6.07, 6.45) is 8.25. The summed E-state index contributed by atoms with van der Waals surface area (Å²) in [6, 6.07) is 10.2. The molecular weight excluding hydrogens is 338 g/mol. The van der Waals surface area contributed by atoms with Crippen LogP contribution in [-0.4, -0.2) is 30.9 Å². The van der Waals surface area contributed by atoms with E-state index in [1.165, 1.54) is 0 Å². The van der Waals surface area contributed by atoms with Crippen LogP contribution < -0.4 is 5.32 Å². The summed E-state index contributed by atoms with van der Waals surface area (Å²) in [7, 11) is 1.89. The van der Waals surface area contributed by atoms with Crippen LogP contribution in [0.15, 0.2) is 49.1 Å². The predicted molar refractivity (Wildman–Crippen MR) is 104 cm³/mol. The summed E-state index contributed by atoms with van der Waals surface area (Å²) in [5.41, 5.74) is 4.92. The quantitative estimate of drug-likeness (QED) is 0.591. The van der Waals surface area contributed by atoms with Crippen molar-refractivity contribution >= 4 is 11.3 Å². The first-order valence-electron chi connectivity index (χ1n) is 8.81. The summed E-state index contributed by atoms with van der Waals surface area (Å²) in [5, 5.41) is 21.6. The third-order valence-corrected chi connectivity index (χ3v) is 4.37. The molecule has 7 nitrogen and oxygen atoms in total. The molecule has 0 saturated heterocycles. The molecule has 0 atom stereocenters. The van der Waals surface area contributed by atoms with Crippen molar-refractivity contribution in [3.8, 4) is 28.5 Å². The van der Waals surface area contributed by atoms with Gasteiger partial charge >= 0.3 is 0 Å². The van der Waals surface area contributed by atoms with Crippen LogP contribution in [-0.2, 0) is 7.05 Å². The van der Waals surface area contributed by atoms with Gasteiger partial charge in [-0.2, -0.15) is 15.5 Å². The lowest BCUT2D eigenvalue weighted by Gasteiger charge is -2.09. The van der Waals surface area contributed by atoms with Gasteiger partial charge in [0.25, 0.3) is 0 Å². The molecule has 4 heterocycles. The number of hydrogen-bond donors (Lipinski definition) is 1. The van der Waals surface area contributed by atoms with Crippen molar-refractivity contribution in [2.75, 3.05) is 11.9 Å². The average molecular weight is 357 g/mol. The Bertz CT molecular complexity index is 1130. The lowest BCUT2D eigenvalue weighted by molar-refractivity contribution is 0.770. The Morgan fingerprint density at radius 1 is 1.19 bits per heavy atom. The second-order valence-electron chi connectivity index (χ2n) is 6.34. The van der Waals surface area contributed by atoms with Crippen molar-refractivity contribution in [1.82, 2.24) is 24.4 Å². The van der Waals surface area contributed by atoms with E-state index in [0.29, 0.717) is 5.56 Å². The topological polar surface area (TPSA) is 83.8 Å². The number of pyridine rings is 2. The Morgan fingerprint density at radius 3 is 2.74 bits per heavy atom. The van der Waals surface area contributed by atoms with Crippen LogP contribution >= 0.6 is 0 Å². The van der Waals surface area contributed by atoms with Gasteiger partial charge in [0.1, 0.15) is 11.9 Å². The Morgan fingerprint density at radius 2 is 2.07 bits per heavy atom. The van der Waals surface area contributed by atoms with Crippen molar-refractivity contribution in [1.29, 1.82) is 5.26 Å². The van der Waals surface area contributed by atoms with Crippen molar-refractivity contribution in [2.45, 2.75) is 13.3 Å². The van der Waals surface area contributed by atoms with Gasteiger partial charge in [0.15, 0.2) is 0 Å². The maximum absolute atomic E-state index is 9.48. The summed E-state index contributed by atoms with van der Waals surface area (Å²) < 4.78 is 3.50. The molecule has 0 spiro atoms. The van der Waals surface area contributed by atoms with E-state index in [9.17, 15) is 5.26 Å². The number of nitriles is 1. The van der Waals surface area contributed by atoms with Gasteiger partial charge in [0.05, 0.1) is 23.0 Å². The predicted octanol–water partition coefficient (Wildman–Crippen LogP) is 3.49. The summed E-state index contributed by atoms with van der Waals surface area (Å²) in [4.78, 5) is 4.50. The molecule has 0 radical (unpaired) electrons. The first kappa shape index (κ1) is 16.8. The highest BCUT2D eigenvalue weighted by atomic mass is 15.3. The van der Waals surface area contributed by atoms with Gasteiger partial charge in [0.2, 0.25) is 0 Å². The number of aryl methyl sites for hydroxylation is 1. The van der Waals surface area contributed by atoms with Crippen LogP contribution in [0.2, 0.25) is 0 Å². The minimum Gasteiger partial charge on any atom is -0.370 e. The Kier molecular flexibility index (Phi) is 4.30. The highest BCUT2D eigenvalue weighted by Crippen LogP contribution is 2.31. The average Bonchev–Trinajstić information content (AvgIpc) is 3.32. The lowest BCUT2D eigenvalue weighted by atomic mass is 10.0. The fraction of sp³-hybridized carbons (Fsp3) is 0.200. The Hall–Kier alpha value is -3.66. The fourth-order valence-electron chi connectivity index (χ4n) is 3.04. The van der Waals surface area contributed by atoms with Gasteiger partial charge < -0.3 is 5.32 Å². The maximum Gasteiger partial charge on any atom is 0.125 e. The maximum atomic E-state index is 9.48. The van der Waals surface area contributed by atoms with Crippen molar-refractivity contribution in [2.24, 2.45) is 7.05 Å². The second-order valence-corrected chi connectivity index (χ2v) is 6.34. The van der Waals surface area contributed by atoms with Crippen molar-refractivity contribution in [3.05, 3.63) is 54.6 Å². The molecule has 0 aliphatic carbocycles. The second kappa shape index (κ2) is 6.92. The number of rotatable bonds is 5. The molecule has 134 valence electrons. The first-order valence-corrected chi connectivity index (χ1v) is 8.81. The molecule has 0 aliphatic heterocycles. The largest absolute Gasteiger partial charge is 0.370 e. The first-order chi connectivity index (χ1) is 13.2. The highest BCUT2D eigenvalue weighted by Gasteiger charge is 2.15. The smallest absolute Gasteiger partial charge is 0.125 e. The van der Waals surface area contributed by atoms with Crippen molar-refractivity contribution < 1.29 is 0 Å². The molecule has 4 aromatic heterocycles. The number of nitrogens with one attached hydrogen (secondary N) is 1. The van der Waals surface area contributed by atoms with E-state index >= 15 is 0 Å². The Balaban J connectivity index is 1.87. The normalized spacial score (nSPS) is 10.9. The Labute approximate surface area is 156 Å². The van der Waals surface area contributed by atoms with Gasteiger partial charge in [-0.25, -0.2) is 9.50 Å². The molecule has 0 aromatic carbocycles. The molecule has 0 bridgehead atoms. The zero-order valence-electron chi connectivity index (χ0n) is 15.2. The van der Waals surface area contributed by atoms with E-state index in [0.717, 1.165) is 46.7 Å². The van der Waals surface area contributed by atoms with Gasteiger partial charge in [-0.15, -0.1) is 0 Å². The molecule has 0 unspecified atom stereocenters. The molecule has 27 heavy (non-hydrogen) atoms. The lowest BCUT2D eigenvalue weighted by Crippen LogP contribution is -2.01. The third kappa shape index (κ3) is 3.13. The zero-order valence-corrected chi connectivity index (χ0v) is 15.2. The van der Waals surface area contributed by atoms with Crippen molar-refractivity contribution in [3.63, 3.8) is 0 Å². The fourth-order valence-corrected chi connectivity index (χ4v) is 3.04. The molecule has 1 N–H and O–H groups in total. The van der Waals surface area contributed by atoms with Crippen LogP contribution in [0.3, 0.4) is 0 Å². The van der Waals surface area contributed by atoms with E-state index in [2.05, 4.69) is 33.5 Å². The van der Waals surface area contributed by atoms with Crippen LogP contribution in [0, 0.1) is 11.3 Å². The molecule has 4 rings (SSSR count). The molecule has 0 saturated carbocycles. The van der Waals surface area contributed by atoms with E-state index < -0.39 is 0 Å². The van der Waals surface area contributed by atoms with E-state index in [1.54, 1.807) is 15.4 Å². The van der Waals surface area contributed by atoms with E-state index in [4.69, 9.17) is 0 Å². The SMILES string of the molecule is CCCNc1ccc(-c2cc(-c3ccn(C)n3)cn3ncc(C#N)c23)cn1. The molecule has 0 amide bonds. The molecule has 0 fully saturated rings. The van der Waals surface area contributed by atoms with Gasteiger partial charge in [-0.3, -0.25) is 4.68 Å². The summed E-state index contributed by atoms with van der Waals surface area (Å²) in [5.74, 6) is 0.839. The van der Waals surface area contributed by atoms with Crippen LogP contribution in [0.5, 0.6) is 0 Å². The van der Waals surface area contributed by atoms with E-state index in [1.807, 2.05) is 49.9 Å². The number of nitrogens with zero attached hydrogens (tertiary/aromatic N) is 6. The molecule has 4 aromatic rings. The standard InChI is InChI=1S/C20H19N7/c1-3-7-22-19-5-4-14(11-23-19)17-9-15(18-6-8-26(2)25-18)13-27-20(17)16(10-21)12-24-27/h4-6,8-9,11-13H,3,7H2,1-2H3,(H,22,23). The number of anilines is 1. The number of aromatic nitrogens is 5. The molecular formula is C20H19N7. The minimum atomic E-state index is 0.533. The molecule has 7 heteroatoms. The zero-order chi connectivity index (χ0) is 18.8. The third-order valence-electron chi connectivity index (χ3n) is 4.37. The number of fused-ring (bicyclic) bond motifs is 1.